The van der Waals surface area contributed by atoms with Crippen molar-refractivity contribution in [2.75, 3.05) is 0 Å². The molecule has 57 heavy (non-hydrogen) atoms. The molecule has 0 aliphatic rings. The fraction of sp³-hybridized carbons (Fsp3) is 0. The van der Waals surface area contributed by atoms with Crippen LogP contribution in [0.2, 0.25) is 0 Å². The summed E-state index contributed by atoms with van der Waals surface area (Å²) in [6.07, 6.45) is 0. The van der Waals surface area contributed by atoms with Crippen molar-refractivity contribution in [3.8, 4) is 67.5 Å². The van der Waals surface area contributed by atoms with Crippen LogP contribution in [0.4, 0.5) is 0 Å². The second kappa shape index (κ2) is 13.6. The van der Waals surface area contributed by atoms with Crippen molar-refractivity contribution in [3.63, 3.8) is 0 Å². The third-order valence-corrected chi connectivity index (χ3v) is 10.9. The Kier molecular flexibility index (Phi) is 7.78. The molecule has 0 unspecified atom stereocenters. The van der Waals surface area contributed by atoms with Crippen molar-refractivity contribution in [2.24, 2.45) is 0 Å². The molecular weight excluding hydrogens is 695 g/mol. The molecule has 11 aromatic rings. The summed E-state index contributed by atoms with van der Waals surface area (Å²) < 4.78 is 6.66. The minimum Gasteiger partial charge on any atom is -0.455 e. The molecule has 11 rings (SSSR count). The van der Waals surface area contributed by atoms with Crippen molar-refractivity contribution in [1.29, 1.82) is 0 Å². The van der Waals surface area contributed by atoms with Crippen LogP contribution in [0, 0.1) is 0 Å². The van der Waals surface area contributed by atoms with Crippen LogP contribution in [0.1, 0.15) is 0 Å². The minimum atomic E-state index is 0.582. The molecule has 0 aliphatic carbocycles. The summed E-state index contributed by atoms with van der Waals surface area (Å²) in [4.78, 5) is 15.9. The van der Waals surface area contributed by atoms with Crippen LogP contribution in [0.5, 0.6) is 0 Å². The van der Waals surface area contributed by atoms with E-state index in [2.05, 4.69) is 182 Å². The Morgan fingerprint density at radius 2 is 0.860 bits per heavy atom. The third-order valence-electron chi connectivity index (χ3n) is 10.9. The van der Waals surface area contributed by atoms with Crippen LogP contribution < -0.4 is 0 Å². The first-order chi connectivity index (χ1) is 28.2. The smallest absolute Gasteiger partial charge is 0.164 e. The van der Waals surface area contributed by atoms with Crippen LogP contribution in [0.3, 0.4) is 0 Å². The van der Waals surface area contributed by atoms with E-state index in [1.165, 1.54) is 10.8 Å². The molecule has 2 heterocycles. The SMILES string of the molecule is c1ccc(-c2ccc(-c3nc(-c4ccc5ccccc5c4)nc(-c4ccc(-c5ccccc5)c5oc6ccccc6c45)n3)cc2-c2cccc3ccccc23)cc1. The molecule has 266 valence electrons. The first-order valence-corrected chi connectivity index (χ1v) is 19.2. The van der Waals surface area contributed by atoms with Crippen LogP contribution >= 0.6 is 0 Å². The number of benzene rings is 9. The van der Waals surface area contributed by atoms with Crippen LogP contribution in [0.25, 0.3) is 111 Å². The Morgan fingerprint density at radius 1 is 0.298 bits per heavy atom. The standard InChI is InChI=1S/C53H33N3O/c1-3-15-35(16-4-1)42-29-28-40(33-47(42)44-24-13-21-36-19-9-10-22-41(36)44)52-54-51(39-27-26-34-14-7-8-20-38(34)32-39)55-53(56-52)46-31-30-43(37-17-5-2-6-18-37)50-49(46)45-23-11-12-25-48(45)57-50/h1-33H. The quantitative estimate of drug-likeness (QED) is 0.171. The Labute approximate surface area is 329 Å². The maximum atomic E-state index is 6.66. The molecule has 0 aliphatic heterocycles. The highest BCUT2D eigenvalue weighted by molar-refractivity contribution is 6.15. The van der Waals surface area contributed by atoms with Gasteiger partial charge in [-0.2, -0.15) is 0 Å². The summed E-state index contributed by atoms with van der Waals surface area (Å²) in [6, 6.07) is 69.9. The van der Waals surface area contributed by atoms with Crippen molar-refractivity contribution >= 4 is 43.5 Å². The van der Waals surface area contributed by atoms with Gasteiger partial charge < -0.3 is 4.42 Å². The highest BCUT2D eigenvalue weighted by atomic mass is 16.3. The molecular formula is C53H33N3O. The maximum Gasteiger partial charge on any atom is 0.164 e. The Bertz CT molecular complexity index is 3290. The summed E-state index contributed by atoms with van der Waals surface area (Å²) in [5.41, 5.74) is 11.0. The molecule has 4 nitrogen and oxygen atoms in total. The zero-order chi connectivity index (χ0) is 37.7. The van der Waals surface area contributed by atoms with E-state index in [0.29, 0.717) is 17.5 Å². The van der Waals surface area contributed by atoms with Gasteiger partial charge in [-0.15, -0.1) is 0 Å². The van der Waals surface area contributed by atoms with Crippen LogP contribution in [-0.2, 0) is 0 Å². The fourth-order valence-corrected chi connectivity index (χ4v) is 8.18. The van der Waals surface area contributed by atoms with E-state index in [4.69, 9.17) is 19.4 Å². The van der Waals surface area contributed by atoms with Crippen LogP contribution in [0.15, 0.2) is 205 Å². The van der Waals surface area contributed by atoms with Crippen molar-refractivity contribution < 1.29 is 4.42 Å². The van der Waals surface area contributed by atoms with Gasteiger partial charge in [0.2, 0.25) is 0 Å². The van der Waals surface area contributed by atoms with Gasteiger partial charge >= 0.3 is 0 Å². The summed E-state index contributed by atoms with van der Waals surface area (Å²) in [6.45, 7) is 0. The molecule has 0 fully saturated rings. The van der Waals surface area contributed by atoms with E-state index < -0.39 is 0 Å². The Morgan fingerprint density at radius 3 is 1.65 bits per heavy atom. The van der Waals surface area contributed by atoms with Gasteiger partial charge in [0.15, 0.2) is 17.5 Å². The predicted molar refractivity (Wildman–Crippen MR) is 235 cm³/mol. The summed E-state index contributed by atoms with van der Waals surface area (Å²) in [7, 11) is 0. The number of hydrogen-bond acceptors (Lipinski definition) is 4. The average molecular weight is 728 g/mol. The van der Waals surface area contributed by atoms with E-state index >= 15 is 0 Å². The highest BCUT2D eigenvalue weighted by Gasteiger charge is 2.22. The normalized spacial score (nSPS) is 11.5. The Hall–Kier alpha value is -7.69. The second-order valence-corrected chi connectivity index (χ2v) is 14.4. The monoisotopic (exact) mass is 727 g/mol. The Balaban J connectivity index is 1.18. The van der Waals surface area contributed by atoms with Gasteiger partial charge in [0.05, 0.1) is 0 Å². The van der Waals surface area contributed by atoms with Crippen molar-refractivity contribution in [2.45, 2.75) is 0 Å². The topological polar surface area (TPSA) is 51.8 Å². The molecule has 0 spiro atoms. The minimum absolute atomic E-state index is 0.582. The van der Waals surface area contributed by atoms with Crippen molar-refractivity contribution in [1.82, 2.24) is 15.0 Å². The molecule has 0 N–H and O–H groups in total. The predicted octanol–water partition coefficient (Wildman–Crippen LogP) is 14.1. The molecule has 2 aromatic heterocycles. The number of furan rings is 1. The molecule has 9 aromatic carbocycles. The summed E-state index contributed by atoms with van der Waals surface area (Å²) >= 11 is 0. The highest BCUT2D eigenvalue weighted by Crippen LogP contribution is 2.43. The zero-order valence-corrected chi connectivity index (χ0v) is 30.8. The largest absolute Gasteiger partial charge is 0.455 e. The lowest BCUT2D eigenvalue weighted by Gasteiger charge is -2.15. The number of fused-ring (bicyclic) bond motifs is 5. The van der Waals surface area contributed by atoms with Gasteiger partial charge in [-0.3, -0.25) is 0 Å². The molecule has 0 bridgehead atoms. The van der Waals surface area contributed by atoms with E-state index in [-0.39, 0.29) is 0 Å². The van der Waals surface area contributed by atoms with E-state index in [1.54, 1.807) is 0 Å². The fourth-order valence-electron chi connectivity index (χ4n) is 8.18. The number of aromatic nitrogens is 3. The molecule has 0 radical (unpaired) electrons. The van der Waals surface area contributed by atoms with E-state index in [9.17, 15) is 0 Å². The number of hydrogen-bond donors (Lipinski definition) is 0. The second-order valence-electron chi connectivity index (χ2n) is 14.4. The lowest BCUT2D eigenvalue weighted by molar-refractivity contribution is 0.670. The van der Waals surface area contributed by atoms with Gasteiger partial charge in [0, 0.05) is 33.0 Å². The maximum absolute atomic E-state index is 6.66. The zero-order valence-electron chi connectivity index (χ0n) is 30.8. The van der Waals surface area contributed by atoms with Crippen LogP contribution in [-0.4, -0.2) is 15.0 Å². The van der Waals surface area contributed by atoms with E-state index in [0.717, 1.165) is 82.8 Å². The number of nitrogens with zero attached hydrogens (tertiary/aromatic N) is 3. The molecule has 0 atom stereocenters. The first-order valence-electron chi connectivity index (χ1n) is 19.2. The lowest BCUT2D eigenvalue weighted by Crippen LogP contribution is -2.01. The number of para-hydroxylation sites is 1. The third kappa shape index (κ3) is 5.74. The van der Waals surface area contributed by atoms with Gasteiger partial charge in [0.1, 0.15) is 11.2 Å². The molecule has 4 heteroatoms. The van der Waals surface area contributed by atoms with Crippen molar-refractivity contribution in [3.05, 3.63) is 200 Å². The average Bonchev–Trinajstić information content (AvgIpc) is 3.68. The summed E-state index contributed by atoms with van der Waals surface area (Å²) in [5.74, 6) is 1.78. The van der Waals surface area contributed by atoms with E-state index in [1.807, 2.05) is 18.2 Å². The first kappa shape index (κ1) is 32.7. The molecule has 0 saturated carbocycles. The van der Waals surface area contributed by atoms with Gasteiger partial charge in [-0.25, -0.2) is 15.0 Å². The van der Waals surface area contributed by atoms with Gasteiger partial charge in [0.25, 0.3) is 0 Å². The molecule has 0 saturated heterocycles. The lowest BCUT2D eigenvalue weighted by atomic mass is 9.90. The molecule has 0 amide bonds. The van der Waals surface area contributed by atoms with Gasteiger partial charge in [-0.05, 0) is 79.7 Å². The van der Waals surface area contributed by atoms with Gasteiger partial charge in [-0.1, -0.05) is 170 Å². The number of rotatable bonds is 6. The summed E-state index contributed by atoms with van der Waals surface area (Å²) in [5, 5.41) is 6.66.